The van der Waals surface area contributed by atoms with Crippen molar-refractivity contribution in [3.63, 3.8) is 0 Å². The van der Waals surface area contributed by atoms with Gasteiger partial charge >= 0.3 is 6.18 Å². The van der Waals surface area contributed by atoms with Crippen LogP contribution in [0.1, 0.15) is 22.9 Å². The standard InChI is InChI=1S/C8H10F3NO3S2/c1-4(17(2,14)15)6(13)5-3-12-7(16-5)8(9,10)11/h3-4,6,13H,1-2H3. The molecule has 0 amide bonds. The minimum Gasteiger partial charge on any atom is -0.386 e. The minimum atomic E-state index is -4.59. The van der Waals surface area contributed by atoms with Crippen molar-refractivity contribution in [3.8, 4) is 0 Å². The van der Waals surface area contributed by atoms with Crippen LogP contribution in [-0.4, -0.2) is 30.0 Å². The molecule has 0 saturated carbocycles. The van der Waals surface area contributed by atoms with Crippen molar-refractivity contribution in [2.45, 2.75) is 24.5 Å². The highest BCUT2D eigenvalue weighted by molar-refractivity contribution is 7.91. The Balaban J connectivity index is 2.99. The zero-order valence-electron chi connectivity index (χ0n) is 8.89. The largest absolute Gasteiger partial charge is 0.443 e. The Morgan fingerprint density at radius 1 is 1.47 bits per heavy atom. The van der Waals surface area contributed by atoms with Crippen molar-refractivity contribution < 1.29 is 26.7 Å². The Morgan fingerprint density at radius 2 is 2.00 bits per heavy atom. The number of aliphatic hydroxyl groups excluding tert-OH is 1. The average Bonchev–Trinajstić information content (AvgIpc) is 2.61. The fourth-order valence-corrected chi connectivity index (χ4v) is 2.60. The molecule has 9 heteroatoms. The van der Waals surface area contributed by atoms with Crippen LogP contribution in [0.25, 0.3) is 0 Å². The zero-order chi connectivity index (χ0) is 13.4. The summed E-state index contributed by atoms with van der Waals surface area (Å²) in [6.07, 6.45) is -4.33. The normalized spacial score (nSPS) is 16.8. The molecule has 1 aromatic heterocycles. The fraction of sp³-hybridized carbons (Fsp3) is 0.625. The van der Waals surface area contributed by atoms with Crippen LogP contribution in [0.2, 0.25) is 0 Å². The third-order valence-electron chi connectivity index (χ3n) is 2.18. The van der Waals surface area contributed by atoms with Gasteiger partial charge in [-0.15, -0.1) is 11.3 Å². The number of hydrogen-bond acceptors (Lipinski definition) is 5. The van der Waals surface area contributed by atoms with E-state index in [1.165, 1.54) is 6.92 Å². The Labute approximate surface area is 100 Å². The molecule has 2 atom stereocenters. The Hall–Kier alpha value is -0.670. The van der Waals surface area contributed by atoms with Crippen molar-refractivity contribution in [2.75, 3.05) is 6.26 Å². The van der Waals surface area contributed by atoms with Crippen LogP contribution in [0, 0.1) is 0 Å². The number of sulfone groups is 1. The van der Waals surface area contributed by atoms with Gasteiger partial charge in [0.1, 0.15) is 6.10 Å². The monoisotopic (exact) mass is 289 g/mol. The van der Waals surface area contributed by atoms with Crippen LogP contribution in [0.3, 0.4) is 0 Å². The highest BCUT2D eigenvalue weighted by Gasteiger charge is 2.36. The van der Waals surface area contributed by atoms with E-state index in [0.717, 1.165) is 12.5 Å². The molecule has 1 heterocycles. The minimum absolute atomic E-state index is 0.116. The molecule has 0 aliphatic rings. The van der Waals surface area contributed by atoms with Gasteiger partial charge in [-0.1, -0.05) is 0 Å². The molecule has 0 fully saturated rings. The smallest absolute Gasteiger partial charge is 0.386 e. The number of nitrogens with zero attached hydrogens (tertiary/aromatic N) is 1. The topological polar surface area (TPSA) is 67.3 Å². The van der Waals surface area contributed by atoms with Crippen LogP contribution in [0.5, 0.6) is 0 Å². The molecule has 98 valence electrons. The highest BCUT2D eigenvalue weighted by atomic mass is 32.2. The van der Waals surface area contributed by atoms with E-state index in [4.69, 9.17) is 0 Å². The Kier molecular flexibility index (Phi) is 3.84. The predicted molar refractivity (Wildman–Crippen MR) is 56.4 cm³/mol. The summed E-state index contributed by atoms with van der Waals surface area (Å²) in [5, 5.41) is 7.35. The molecule has 1 rings (SSSR count). The molecule has 17 heavy (non-hydrogen) atoms. The van der Waals surface area contributed by atoms with E-state index in [9.17, 15) is 26.7 Å². The van der Waals surface area contributed by atoms with Crippen LogP contribution in [0.4, 0.5) is 13.2 Å². The quantitative estimate of drug-likeness (QED) is 0.918. The van der Waals surface area contributed by atoms with Crippen molar-refractivity contribution in [3.05, 3.63) is 16.1 Å². The molecule has 4 nitrogen and oxygen atoms in total. The molecule has 1 aromatic rings. The number of aromatic nitrogens is 1. The number of hydrogen-bond donors (Lipinski definition) is 1. The third kappa shape index (κ3) is 3.39. The van der Waals surface area contributed by atoms with E-state index in [0.29, 0.717) is 0 Å². The maximum atomic E-state index is 12.2. The first-order chi connectivity index (χ1) is 7.53. The van der Waals surface area contributed by atoms with Gasteiger partial charge in [-0.3, -0.25) is 0 Å². The molecule has 1 N–H and O–H groups in total. The van der Waals surface area contributed by atoms with Crippen molar-refractivity contribution in [2.24, 2.45) is 0 Å². The second kappa shape index (κ2) is 4.54. The van der Waals surface area contributed by atoms with Crippen LogP contribution >= 0.6 is 11.3 Å². The predicted octanol–water partition coefficient (Wildman–Crippen LogP) is 1.63. The first-order valence-corrected chi connectivity index (χ1v) is 7.20. The summed E-state index contributed by atoms with van der Waals surface area (Å²) >= 11 is 0.242. The molecule has 0 bridgehead atoms. The molecule has 0 aliphatic carbocycles. The molecule has 0 saturated heterocycles. The summed E-state index contributed by atoms with van der Waals surface area (Å²) in [7, 11) is -3.53. The van der Waals surface area contributed by atoms with Gasteiger partial charge in [0.25, 0.3) is 0 Å². The van der Waals surface area contributed by atoms with Gasteiger partial charge in [0.05, 0.1) is 10.1 Å². The second-order valence-electron chi connectivity index (χ2n) is 3.55. The maximum Gasteiger partial charge on any atom is 0.443 e. The van der Waals surface area contributed by atoms with Crippen molar-refractivity contribution in [1.29, 1.82) is 0 Å². The van der Waals surface area contributed by atoms with Gasteiger partial charge in [0.2, 0.25) is 0 Å². The summed E-state index contributed by atoms with van der Waals surface area (Å²) < 4.78 is 59.0. The SMILES string of the molecule is CC(C(O)c1cnc(C(F)(F)F)s1)S(C)(=O)=O. The number of alkyl halides is 3. The molecule has 0 aliphatic heterocycles. The average molecular weight is 289 g/mol. The van der Waals surface area contributed by atoms with Gasteiger partial charge in [0.15, 0.2) is 14.8 Å². The zero-order valence-corrected chi connectivity index (χ0v) is 10.5. The summed E-state index contributed by atoms with van der Waals surface area (Å²) in [6, 6.07) is 0. The van der Waals surface area contributed by atoms with Gasteiger partial charge in [-0.25, -0.2) is 13.4 Å². The highest BCUT2D eigenvalue weighted by Crippen LogP contribution is 2.35. The molecule has 2 unspecified atom stereocenters. The van der Waals surface area contributed by atoms with Gasteiger partial charge in [-0.05, 0) is 6.92 Å². The van der Waals surface area contributed by atoms with E-state index in [-0.39, 0.29) is 16.2 Å². The number of halogens is 3. The van der Waals surface area contributed by atoms with Gasteiger partial charge < -0.3 is 5.11 Å². The third-order valence-corrected chi connectivity index (χ3v) is 4.90. The lowest BCUT2D eigenvalue weighted by Crippen LogP contribution is -2.23. The first kappa shape index (κ1) is 14.4. The lowest BCUT2D eigenvalue weighted by Gasteiger charge is -2.14. The van der Waals surface area contributed by atoms with Crippen molar-refractivity contribution in [1.82, 2.24) is 4.98 Å². The van der Waals surface area contributed by atoms with E-state index in [1.54, 1.807) is 0 Å². The maximum absolute atomic E-state index is 12.2. The lowest BCUT2D eigenvalue weighted by molar-refractivity contribution is -0.137. The van der Waals surface area contributed by atoms with Crippen LogP contribution in [0.15, 0.2) is 6.20 Å². The lowest BCUT2D eigenvalue weighted by atomic mass is 10.2. The van der Waals surface area contributed by atoms with E-state index in [1.807, 2.05) is 0 Å². The molecule has 0 spiro atoms. The number of thiazole rings is 1. The number of aliphatic hydroxyl groups is 1. The summed E-state index contributed by atoms with van der Waals surface area (Å²) in [4.78, 5) is 3.00. The van der Waals surface area contributed by atoms with Gasteiger partial charge in [-0.2, -0.15) is 13.2 Å². The van der Waals surface area contributed by atoms with Crippen molar-refractivity contribution >= 4 is 21.2 Å². The van der Waals surface area contributed by atoms with Crippen LogP contribution in [-0.2, 0) is 16.0 Å². The molecular formula is C8H10F3NO3S2. The van der Waals surface area contributed by atoms with E-state index in [2.05, 4.69) is 4.98 Å². The summed E-state index contributed by atoms with van der Waals surface area (Å²) in [5.41, 5.74) is 0. The molecule has 0 radical (unpaired) electrons. The first-order valence-electron chi connectivity index (χ1n) is 4.43. The van der Waals surface area contributed by atoms with Gasteiger partial charge in [0, 0.05) is 12.5 Å². The van der Waals surface area contributed by atoms with E-state index < -0.39 is 32.4 Å². The fourth-order valence-electron chi connectivity index (χ4n) is 1.02. The van der Waals surface area contributed by atoms with Crippen LogP contribution < -0.4 is 0 Å². The molecule has 0 aromatic carbocycles. The van der Waals surface area contributed by atoms with E-state index >= 15 is 0 Å². The summed E-state index contributed by atoms with van der Waals surface area (Å²) in [6.45, 7) is 1.23. The Morgan fingerprint density at radius 3 is 2.35 bits per heavy atom. The Bertz CT molecular complexity index is 494. The second-order valence-corrected chi connectivity index (χ2v) is 7.01. The molecular weight excluding hydrogens is 279 g/mol. The number of rotatable bonds is 3. The summed E-state index contributed by atoms with van der Waals surface area (Å²) in [5.74, 6) is 0.